The van der Waals surface area contributed by atoms with Gasteiger partial charge < -0.3 is 4.74 Å². The highest BCUT2D eigenvalue weighted by molar-refractivity contribution is 9.09. The van der Waals surface area contributed by atoms with E-state index in [2.05, 4.69) is 15.9 Å². The highest BCUT2D eigenvalue weighted by Crippen LogP contribution is 2.00. The van der Waals surface area contributed by atoms with Gasteiger partial charge in [-0.1, -0.05) is 52.3 Å². The molecule has 0 unspecified atom stereocenters. The van der Waals surface area contributed by atoms with Gasteiger partial charge in [0.1, 0.15) is 0 Å². The van der Waals surface area contributed by atoms with E-state index in [0.29, 0.717) is 18.8 Å². The van der Waals surface area contributed by atoms with Crippen molar-refractivity contribution in [2.75, 3.05) is 18.5 Å². The van der Waals surface area contributed by atoms with Crippen molar-refractivity contribution in [3.8, 4) is 0 Å². The van der Waals surface area contributed by atoms with Crippen molar-refractivity contribution in [2.24, 2.45) is 0 Å². The Morgan fingerprint density at radius 1 is 1.33 bits per heavy atom. The molecule has 2 nitrogen and oxygen atoms in total. The van der Waals surface area contributed by atoms with Crippen LogP contribution in [0, 0.1) is 0 Å². The number of carbonyl (C=O) groups is 1. The lowest BCUT2D eigenvalue weighted by Crippen LogP contribution is -1.97. The van der Waals surface area contributed by atoms with Crippen molar-refractivity contribution in [3.05, 3.63) is 48.0 Å². The molecule has 0 heterocycles. The third kappa shape index (κ3) is 4.91. The Kier molecular flexibility index (Phi) is 5.97. The van der Waals surface area contributed by atoms with E-state index in [-0.39, 0.29) is 5.78 Å². The second kappa shape index (κ2) is 7.37. The number of allylic oxidation sites excluding steroid dienone is 1. The number of hydrogen-bond donors (Lipinski definition) is 0. The molecule has 0 aliphatic rings. The van der Waals surface area contributed by atoms with Gasteiger partial charge in [-0.3, -0.25) is 4.79 Å². The van der Waals surface area contributed by atoms with Gasteiger partial charge in [0.15, 0.2) is 5.78 Å². The van der Waals surface area contributed by atoms with Crippen LogP contribution in [0.5, 0.6) is 0 Å². The number of rotatable bonds is 6. The Morgan fingerprint density at radius 3 is 2.73 bits per heavy atom. The molecule has 0 radical (unpaired) electrons. The van der Waals surface area contributed by atoms with Crippen LogP contribution in [-0.4, -0.2) is 24.3 Å². The molecule has 1 rings (SSSR count). The topological polar surface area (TPSA) is 26.3 Å². The van der Waals surface area contributed by atoms with Crippen LogP contribution in [0.2, 0.25) is 0 Å². The molecule has 0 aliphatic heterocycles. The molecule has 0 aromatic heterocycles. The number of halogens is 1. The zero-order chi connectivity index (χ0) is 10.9. The van der Waals surface area contributed by atoms with Gasteiger partial charge in [0.2, 0.25) is 0 Å². The minimum absolute atomic E-state index is 0.0121. The first-order valence-corrected chi connectivity index (χ1v) is 5.86. The number of carbonyl (C=O) groups excluding carboxylic acids is 1. The molecular formula is C12H13BrO2. The Bertz CT molecular complexity index is 320. The van der Waals surface area contributed by atoms with Crippen LogP contribution in [0.15, 0.2) is 42.5 Å². The summed E-state index contributed by atoms with van der Waals surface area (Å²) in [5.41, 5.74) is 0.703. The highest BCUT2D eigenvalue weighted by Gasteiger charge is 1.98. The van der Waals surface area contributed by atoms with E-state index in [9.17, 15) is 4.79 Å². The second-order valence-electron chi connectivity index (χ2n) is 2.90. The third-order valence-electron chi connectivity index (χ3n) is 1.76. The summed E-state index contributed by atoms with van der Waals surface area (Å²) in [4.78, 5) is 11.5. The highest BCUT2D eigenvalue weighted by atomic mass is 79.9. The average molecular weight is 269 g/mol. The van der Waals surface area contributed by atoms with E-state index < -0.39 is 0 Å². The molecule has 0 saturated heterocycles. The summed E-state index contributed by atoms with van der Waals surface area (Å²) >= 11 is 3.25. The number of alkyl halides is 1. The van der Waals surface area contributed by atoms with Crippen LogP contribution >= 0.6 is 15.9 Å². The Morgan fingerprint density at radius 2 is 2.07 bits per heavy atom. The fourth-order valence-electron chi connectivity index (χ4n) is 1.06. The molecule has 15 heavy (non-hydrogen) atoms. The van der Waals surface area contributed by atoms with E-state index >= 15 is 0 Å². The van der Waals surface area contributed by atoms with Gasteiger partial charge in [-0.2, -0.15) is 0 Å². The van der Waals surface area contributed by atoms with Gasteiger partial charge in [-0.05, 0) is 6.08 Å². The van der Waals surface area contributed by atoms with Crippen LogP contribution in [-0.2, 0) is 4.74 Å². The van der Waals surface area contributed by atoms with Gasteiger partial charge in [-0.25, -0.2) is 0 Å². The van der Waals surface area contributed by atoms with Gasteiger partial charge in [0, 0.05) is 10.9 Å². The van der Waals surface area contributed by atoms with Crippen LogP contribution in [0.3, 0.4) is 0 Å². The van der Waals surface area contributed by atoms with Crippen molar-refractivity contribution in [1.29, 1.82) is 0 Å². The summed E-state index contributed by atoms with van der Waals surface area (Å²) in [6.45, 7) is 1.13. The molecule has 0 aliphatic carbocycles. The first-order chi connectivity index (χ1) is 7.34. The van der Waals surface area contributed by atoms with E-state index in [4.69, 9.17) is 4.74 Å². The standard InChI is InChI=1S/C12H13BrO2/c13-8-10-15-9-4-7-12(14)11-5-2-1-3-6-11/h1-7H,8-10H2/b7-4+. The molecule has 0 amide bonds. The molecule has 0 N–H and O–H groups in total. The molecule has 0 fully saturated rings. The van der Waals surface area contributed by atoms with Crippen molar-refractivity contribution < 1.29 is 9.53 Å². The maximum absolute atomic E-state index is 11.5. The average Bonchev–Trinajstić information content (AvgIpc) is 2.30. The lowest BCUT2D eigenvalue weighted by molar-refractivity contribution is 0.104. The van der Waals surface area contributed by atoms with E-state index in [1.54, 1.807) is 24.3 Å². The monoisotopic (exact) mass is 268 g/mol. The Balaban J connectivity index is 2.36. The molecule has 0 bridgehead atoms. The van der Waals surface area contributed by atoms with Crippen LogP contribution in [0.25, 0.3) is 0 Å². The molecule has 80 valence electrons. The smallest absolute Gasteiger partial charge is 0.185 e. The maximum atomic E-state index is 11.5. The Labute approximate surface area is 98.1 Å². The number of ketones is 1. The van der Waals surface area contributed by atoms with Gasteiger partial charge in [-0.15, -0.1) is 0 Å². The Hall–Kier alpha value is -0.930. The zero-order valence-electron chi connectivity index (χ0n) is 8.36. The summed E-state index contributed by atoms with van der Waals surface area (Å²) in [6.07, 6.45) is 3.28. The molecule has 1 aromatic carbocycles. The molecule has 0 atom stereocenters. The second-order valence-corrected chi connectivity index (χ2v) is 3.69. The molecule has 1 aromatic rings. The predicted octanol–water partition coefficient (Wildman–Crippen LogP) is 2.84. The fourth-order valence-corrected chi connectivity index (χ4v) is 1.29. The molecule has 3 heteroatoms. The van der Waals surface area contributed by atoms with Crippen LogP contribution in [0.4, 0.5) is 0 Å². The molecule has 0 saturated carbocycles. The van der Waals surface area contributed by atoms with Crippen molar-refractivity contribution in [2.45, 2.75) is 0 Å². The lowest BCUT2D eigenvalue weighted by atomic mass is 10.1. The van der Waals surface area contributed by atoms with Crippen molar-refractivity contribution in [1.82, 2.24) is 0 Å². The summed E-state index contributed by atoms with van der Waals surface area (Å²) in [7, 11) is 0. The van der Waals surface area contributed by atoms with Gasteiger partial charge >= 0.3 is 0 Å². The fraction of sp³-hybridized carbons (Fsp3) is 0.250. The summed E-state index contributed by atoms with van der Waals surface area (Å²) in [5.74, 6) is 0.0121. The lowest BCUT2D eigenvalue weighted by Gasteiger charge is -1.96. The first kappa shape index (κ1) is 12.1. The zero-order valence-corrected chi connectivity index (χ0v) is 9.94. The normalized spacial score (nSPS) is 10.7. The van der Waals surface area contributed by atoms with Crippen LogP contribution < -0.4 is 0 Å². The molecular weight excluding hydrogens is 256 g/mol. The summed E-state index contributed by atoms with van der Waals surface area (Å²) in [6, 6.07) is 9.18. The SMILES string of the molecule is O=C(/C=C/COCCBr)c1ccccc1. The predicted molar refractivity (Wildman–Crippen MR) is 64.5 cm³/mol. The number of benzene rings is 1. The minimum Gasteiger partial charge on any atom is -0.377 e. The minimum atomic E-state index is 0.0121. The maximum Gasteiger partial charge on any atom is 0.185 e. The number of ether oxygens (including phenoxy) is 1. The van der Waals surface area contributed by atoms with E-state index in [1.165, 1.54) is 0 Å². The van der Waals surface area contributed by atoms with Gasteiger partial charge in [0.25, 0.3) is 0 Å². The quantitative estimate of drug-likeness (QED) is 0.343. The van der Waals surface area contributed by atoms with Gasteiger partial charge in [0.05, 0.1) is 13.2 Å². The first-order valence-electron chi connectivity index (χ1n) is 4.74. The summed E-state index contributed by atoms with van der Waals surface area (Å²) in [5, 5.41) is 0.813. The largest absolute Gasteiger partial charge is 0.377 e. The van der Waals surface area contributed by atoms with E-state index in [0.717, 1.165) is 5.33 Å². The van der Waals surface area contributed by atoms with E-state index in [1.807, 2.05) is 18.2 Å². The third-order valence-corrected chi connectivity index (χ3v) is 2.09. The number of hydrogen-bond acceptors (Lipinski definition) is 2. The van der Waals surface area contributed by atoms with Crippen molar-refractivity contribution in [3.63, 3.8) is 0 Å². The summed E-state index contributed by atoms with van der Waals surface area (Å²) < 4.78 is 5.18. The van der Waals surface area contributed by atoms with Crippen molar-refractivity contribution >= 4 is 21.7 Å². The van der Waals surface area contributed by atoms with Crippen LogP contribution in [0.1, 0.15) is 10.4 Å². The molecule has 0 spiro atoms.